The molecular formula is C19H20N2O. The summed E-state index contributed by atoms with van der Waals surface area (Å²) >= 11 is 0. The molecule has 0 fully saturated rings. The van der Waals surface area contributed by atoms with Gasteiger partial charge in [-0.15, -0.1) is 0 Å². The summed E-state index contributed by atoms with van der Waals surface area (Å²) in [5.41, 5.74) is 9.41. The van der Waals surface area contributed by atoms with Crippen molar-refractivity contribution in [3.63, 3.8) is 0 Å². The molecule has 0 bridgehead atoms. The molecule has 1 aliphatic rings. The fraction of sp³-hybridized carbons (Fsp3) is 0.211. The number of nitrogens with one attached hydrogen (secondary N) is 1. The fourth-order valence-corrected chi connectivity index (χ4v) is 2.93. The molecule has 1 heterocycles. The maximum absolute atomic E-state index is 12.2. The molecule has 1 aliphatic heterocycles. The number of carbonyl (C=O) groups is 1. The van der Waals surface area contributed by atoms with Gasteiger partial charge in [-0.2, -0.15) is 0 Å². The van der Waals surface area contributed by atoms with Crippen LogP contribution in [0.15, 0.2) is 60.2 Å². The van der Waals surface area contributed by atoms with Gasteiger partial charge in [-0.05, 0) is 36.1 Å². The van der Waals surface area contributed by atoms with E-state index in [0.717, 1.165) is 22.4 Å². The summed E-state index contributed by atoms with van der Waals surface area (Å²) < 4.78 is 0. The Labute approximate surface area is 130 Å². The zero-order chi connectivity index (χ0) is 15.6. The van der Waals surface area contributed by atoms with Gasteiger partial charge in [-0.25, -0.2) is 0 Å². The van der Waals surface area contributed by atoms with Crippen molar-refractivity contribution in [2.75, 3.05) is 11.9 Å². The van der Waals surface area contributed by atoms with Crippen molar-refractivity contribution in [2.45, 2.75) is 13.3 Å². The third-order valence-corrected chi connectivity index (χ3v) is 4.41. The number of hydrogen-bond acceptors (Lipinski definition) is 2. The second-order valence-corrected chi connectivity index (χ2v) is 5.97. The Morgan fingerprint density at radius 3 is 2.55 bits per heavy atom. The number of primary amides is 1. The average Bonchev–Trinajstić information content (AvgIpc) is 2.55. The van der Waals surface area contributed by atoms with Crippen LogP contribution >= 0.6 is 0 Å². The molecule has 1 atom stereocenters. The number of amides is 1. The van der Waals surface area contributed by atoms with Crippen molar-refractivity contribution in [1.29, 1.82) is 0 Å². The van der Waals surface area contributed by atoms with Crippen molar-refractivity contribution in [1.82, 2.24) is 0 Å². The number of para-hydroxylation sites is 1. The van der Waals surface area contributed by atoms with Crippen LogP contribution in [0.4, 0.5) is 5.69 Å². The van der Waals surface area contributed by atoms with Gasteiger partial charge in [0.2, 0.25) is 5.91 Å². The van der Waals surface area contributed by atoms with E-state index in [1.165, 1.54) is 0 Å². The monoisotopic (exact) mass is 292 g/mol. The maximum Gasteiger partial charge on any atom is 0.227 e. The minimum absolute atomic E-state index is 0.288. The first-order valence-electron chi connectivity index (χ1n) is 7.47. The minimum atomic E-state index is -0.693. The van der Waals surface area contributed by atoms with Crippen LogP contribution < -0.4 is 11.1 Å². The SMILES string of the molecule is CC(Cc1ccccc1)(C(N)=O)C1=Cc2ccccc2NC1. The highest BCUT2D eigenvalue weighted by atomic mass is 16.1. The fourth-order valence-electron chi connectivity index (χ4n) is 2.93. The highest BCUT2D eigenvalue weighted by Crippen LogP contribution is 2.36. The second-order valence-electron chi connectivity index (χ2n) is 5.97. The van der Waals surface area contributed by atoms with Crippen molar-refractivity contribution in [2.24, 2.45) is 11.1 Å². The second kappa shape index (κ2) is 5.68. The molecule has 0 saturated heterocycles. The summed E-state index contributed by atoms with van der Waals surface area (Å²) in [6, 6.07) is 18.1. The molecule has 3 heteroatoms. The van der Waals surface area contributed by atoms with E-state index in [4.69, 9.17) is 5.73 Å². The molecule has 0 spiro atoms. The summed E-state index contributed by atoms with van der Waals surface area (Å²) in [5, 5.41) is 3.38. The third-order valence-electron chi connectivity index (χ3n) is 4.41. The predicted molar refractivity (Wildman–Crippen MR) is 90.4 cm³/mol. The topological polar surface area (TPSA) is 55.1 Å². The van der Waals surface area contributed by atoms with Gasteiger partial charge < -0.3 is 11.1 Å². The van der Waals surface area contributed by atoms with Crippen LogP contribution in [-0.2, 0) is 11.2 Å². The Morgan fingerprint density at radius 1 is 1.14 bits per heavy atom. The largest absolute Gasteiger partial charge is 0.381 e. The van der Waals surface area contributed by atoms with E-state index >= 15 is 0 Å². The van der Waals surface area contributed by atoms with E-state index in [1.54, 1.807) is 0 Å². The number of rotatable bonds is 4. The van der Waals surface area contributed by atoms with Crippen LogP contribution in [0.2, 0.25) is 0 Å². The Hall–Kier alpha value is -2.55. The molecule has 0 radical (unpaired) electrons. The first-order chi connectivity index (χ1) is 10.6. The van der Waals surface area contributed by atoms with Gasteiger partial charge in [0.25, 0.3) is 0 Å². The van der Waals surface area contributed by atoms with E-state index in [1.807, 2.05) is 61.5 Å². The summed E-state index contributed by atoms with van der Waals surface area (Å²) in [7, 11) is 0. The Bertz CT molecular complexity index is 721. The lowest BCUT2D eigenvalue weighted by Gasteiger charge is -2.32. The van der Waals surface area contributed by atoms with Gasteiger partial charge in [0, 0.05) is 12.2 Å². The van der Waals surface area contributed by atoms with Crippen LogP contribution in [0.5, 0.6) is 0 Å². The van der Waals surface area contributed by atoms with Crippen LogP contribution in [0, 0.1) is 5.41 Å². The maximum atomic E-state index is 12.2. The summed E-state index contributed by atoms with van der Waals surface area (Å²) in [6.07, 6.45) is 2.71. The number of nitrogens with two attached hydrogens (primary N) is 1. The van der Waals surface area contributed by atoms with Crippen LogP contribution in [0.25, 0.3) is 6.08 Å². The molecule has 3 rings (SSSR count). The lowest BCUT2D eigenvalue weighted by Crippen LogP contribution is -2.40. The van der Waals surface area contributed by atoms with E-state index in [0.29, 0.717) is 13.0 Å². The number of benzene rings is 2. The van der Waals surface area contributed by atoms with Gasteiger partial charge in [0.05, 0.1) is 5.41 Å². The number of carbonyl (C=O) groups excluding carboxylic acids is 1. The molecule has 3 nitrogen and oxygen atoms in total. The predicted octanol–water partition coefficient (Wildman–Crippen LogP) is 3.23. The normalized spacial score (nSPS) is 16.0. The standard InChI is InChI=1S/C19H20N2O/c1-19(18(20)22,12-14-7-3-2-4-8-14)16-11-15-9-5-6-10-17(15)21-13-16/h2-11,21H,12-13H2,1H3,(H2,20,22). The van der Waals surface area contributed by atoms with Gasteiger partial charge in [0.1, 0.15) is 0 Å². The van der Waals surface area contributed by atoms with Crippen molar-refractivity contribution >= 4 is 17.7 Å². The Morgan fingerprint density at radius 2 is 1.82 bits per heavy atom. The highest BCUT2D eigenvalue weighted by Gasteiger charge is 2.36. The zero-order valence-corrected chi connectivity index (χ0v) is 12.7. The van der Waals surface area contributed by atoms with E-state index in [-0.39, 0.29) is 5.91 Å². The molecule has 1 amide bonds. The number of hydrogen-bond donors (Lipinski definition) is 2. The third kappa shape index (κ3) is 2.62. The van der Waals surface area contributed by atoms with Crippen molar-refractivity contribution in [3.05, 3.63) is 71.3 Å². The molecule has 2 aromatic carbocycles. The first-order valence-corrected chi connectivity index (χ1v) is 7.47. The van der Waals surface area contributed by atoms with E-state index in [9.17, 15) is 4.79 Å². The van der Waals surface area contributed by atoms with Gasteiger partial charge in [0.15, 0.2) is 0 Å². The smallest absolute Gasteiger partial charge is 0.227 e. The molecule has 2 aromatic rings. The Kier molecular flexibility index (Phi) is 3.72. The van der Waals surface area contributed by atoms with Gasteiger partial charge in [-0.3, -0.25) is 4.79 Å². The van der Waals surface area contributed by atoms with Crippen LogP contribution in [0.3, 0.4) is 0 Å². The summed E-state index contributed by atoms with van der Waals surface area (Å²) in [6.45, 7) is 2.58. The number of fused-ring (bicyclic) bond motifs is 1. The zero-order valence-electron chi connectivity index (χ0n) is 12.7. The average molecular weight is 292 g/mol. The highest BCUT2D eigenvalue weighted by molar-refractivity contribution is 5.88. The Balaban J connectivity index is 1.98. The van der Waals surface area contributed by atoms with Crippen molar-refractivity contribution in [3.8, 4) is 0 Å². The molecule has 112 valence electrons. The van der Waals surface area contributed by atoms with Gasteiger partial charge >= 0.3 is 0 Å². The van der Waals surface area contributed by atoms with Crippen LogP contribution in [-0.4, -0.2) is 12.5 Å². The molecule has 3 N–H and O–H groups in total. The lowest BCUT2D eigenvalue weighted by molar-refractivity contribution is -0.124. The van der Waals surface area contributed by atoms with Gasteiger partial charge in [-0.1, -0.05) is 54.6 Å². The summed E-state index contributed by atoms with van der Waals surface area (Å²) in [4.78, 5) is 12.2. The number of anilines is 1. The quantitative estimate of drug-likeness (QED) is 0.909. The van der Waals surface area contributed by atoms with Crippen molar-refractivity contribution < 1.29 is 4.79 Å². The lowest BCUT2D eigenvalue weighted by atomic mass is 9.74. The molecule has 1 unspecified atom stereocenters. The van der Waals surface area contributed by atoms with Crippen LogP contribution in [0.1, 0.15) is 18.1 Å². The molecule has 0 saturated carbocycles. The first kappa shape index (κ1) is 14.4. The molecular weight excluding hydrogens is 272 g/mol. The minimum Gasteiger partial charge on any atom is -0.381 e. The molecule has 0 aromatic heterocycles. The molecule has 0 aliphatic carbocycles. The molecule has 22 heavy (non-hydrogen) atoms. The summed E-state index contributed by atoms with van der Waals surface area (Å²) in [5.74, 6) is -0.288. The van der Waals surface area contributed by atoms with E-state index in [2.05, 4.69) is 11.4 Å². The van der Waals surface area contributed by atoms with E-state index < -0.39 is 5.41 Å².